The zero-order valence-electron chi connectivity index (χ0n) is 13.8. The molecule has 1 aliphatic heterocycles. The number of thiazole rings is 1. The van der Waals surface area contributed by atoms with Gasteiger partial charge in [0.05, 0.1) is 24.8 Å². The van der Waals surface area contributed by atoms with Crippen LogP contribution in [0.2, 0.25) is 0 Å². The summed E-state index contributed by atoms with van der Waals surface area (Å²) in [5, 5.41) is 12.1. The van der Waals surface area contributed by atoms with Crippen LogP contribution < -0.4 is 4.74 Å². The van der Waals surface area contributed by atoms with Crippen molar-refractivity contribution < 1.29 is 14.6 Å². The van der Waals surface area contributed by atoms with Crippen molar-refractivity contribution in [2.75, 3.05) is 13.2 Å². The van der Waals surface area contributed by atoms with E-state index in [1.54, 1.807) is 4.90 Å². The monoisotopic (exact) mass is 346 g/mol. The van der Waals surface area contributed by atoms with Crippen LogP contribution in [0.3, 0.4) is 0 Å². The van der Waals surface area contributed by atoms with Gasteiger partial charge in [0.25, 0.3) is 0 Å². The molecule has 5 nitrogen and oxygen atoms in total. The second kappa shape index (κ2) is 7.77. The molecule has 0 unspecified atom stereocenters. The number of carbonyl (C=O) groups excluding carboxylic acids is 1. The molecule has 1 fully saturated rings. The van der Waals surface area contributed by atoms with E-state index in [1.807, 2.05) is 36.6 Å². The molecule has 3 rings (SSSR count). The summed E-state index contributed by atoms with van der Waals surface area (Å²) in [6, 6.07) is 7.87. The van der Waals surface area contributed by atoms with E-state index < -0.39 is 0 Å². The fraction of sp³-hybridized carbons (Fsp3) is 0.444. The molecule has 1 aliphatic rings. The first-order chi connectivity index (χ1) is 11.7. The lowest BCUT2D eigenvalue weighted by Gasteiger charge is -2.22. The van der Waals surface area contributed by atoms with Gasteiger partial charge in [-0.2, -0.15) is 0 Å². The Morgan fingerprint density at radius 1 is 1.42 bits per heavy atom. The molecule has 1 aromatic heterocycles. The average Bonchev–Trinajstić information content (AvgIpc) is 3.23. The summed E-state index contributed by atoms with van der Waals surface area (Å²) in [4.78, 5) is 18.6. The molecule has 2 heterocycles. The van der Waals surface area contributed by atoms with E-state index in [-0.39, 0.29) is 25.0 Å². The Hall–Kier alpha value is -1.92. The average molecular weight is 346 g/mol. The molecule has 6 heteroatoms. The summed E-state index contributed by atoms with van der Waals surface area (Å²) in [7, 11) is 0. The van der Waals surface area contributed by atoms with E-state index in [0.29, 0.717) is 6.61 Å². The standard InChI is InChI=1S/C18H22N2O3S/c1-13-4-6-16(7-5-13)23-11-17-19-14(12-24-17)9-18(22)20-8-2-3-15(20)10-21/h4-7,12,15,21H,2-3,8-11H2,1H3/t15-/m1/s1. The van der Waals surface area contributed by atoms with E-state index >= 15 is 0 Å². The van der Waals surface area contributed by atoms with Gasteiger partial charge in [-0.05, 0) is 31.9 Å². The number of amides is 1. The first-order valence-electron chi connectivity index (χ1n) is 8.19. The number of hydrogen-bond acceptors (Lipinski definition) is 5. The maximum Gasteiger partial charge on any atom is 0.228 e. The molecule has 1 amide bonds. The van der Waals surface area contributed by atoms with Crippen molar-refractivity contribution in [2.45, 2.75) is 38.8 Å². The van der Waals surface area contributed by atoms with E-state index in [9.17, 15) is 9.90 Å². The van der Waals surface area contributed by atoms with Crippen molar-refractivity contribution in [3.63, 3.8) is 0 Å². The number of ether oxygens (including phenoxy) is 1. The molecule has 1 saturated heterocycles. The van der Waals surface area contributed by atoms with Crippen molar-refractivity contribution in [3.8, 4) is 5.75 Å². The fourth-order valence-corrected chi connectivity index (χ4v) is 3.59. The molecule has 0 aliphatic carbocycles. The summed E-state index contributed by atoms with van der Waals surface area (Å²) in [6.45, 7) is 3.22. The molecule has 2 aromatic rings. The van der Waals surface area contributed by atoms with Gasteiger partial charge < -0.3 is 14.7 Å². The van der Waals surface area contributed by atoms with Gasteiger partial charge in [-0.15, -0.1) is 11.3 Å². The predicted molar refractivity (Wildman–Crippen MR) is 93.1 cm³/mol. The number of nitrogens with zero attached hydrogens (tertiary/aromatic N) is 2. The number of rotatable bonds is 6. The first-order valence-corrected chi connectivity index (χ1v) is 9.07. The summed E-state index contributed by atoms with van der Waals surface area (Å²) in [5.41, 5.74) is 1.97. The molecule has 1 atom stereocenters. The minimum Gasteiger partial charge on any atom is -0.486 e. The maximum absolute atomic E-state index is 12.4. The highest BCUT2D eigenvalue weighted by Crippen LogP contribution is 2.20. The molecule has 0 bridgehead atoms. The molecular formula is C18H22N2O3S. The number of likely N-dealkylation sites (tertiary alicyclic amines) is 1. The Morgan fingerprint density at radius 2 is 2.21 bits per heavy atom. The van der Waals surface area contributed by atoms with Crippen LogP contribution in [-0.2, 0) is 17.8 Å². The van der Waals surface area contributed by atoms with Crippen LogP contribution in [0.4, 0.5) is 0 Å². The van der Waals surface area contributed by atoms with Crippen LogP contribution >= 0.6 is 11.3 Å². The Morgan fingerprint density at radius 3 is 2.96 bits per heavy atom. The van der Waals surface area contributed by atoms with Crippen LogP contribution in [0.1, 0.15) is 29.1 Å². The minimum absolute atomic E-state index is 0.0273. The van der Waals surface area contributed by atoms with E-state index in [0.717, 1.165) is 35.8 Å². The number of aryl methyl sites for hydroxylation is 1. The van der Waals surface area contributed by atoms with Crippen LogP contribution in [0, 0.1) is 6.92 Å². The van der Waals surface area contributed by atoms with Gasteiger partial charge >= 0.3 is 0 Å². The Balaban J connectivity index is 1.53. The van der Waals surface area contributed by atoms with Gasteiger partial charge in [0.1, 0.15) is 17.4 Å². The largest absolute Gasteiger partial charge is 0.486 e. The predicted octanol–water partition coefficient (Wildman–Crippen LogP) is 2.56. The SMILES string of the molecule is Cc1ccc(OCc2nc(CC(=O)N3CCC[C@@H]3CO)cs2)cc1. The summed E-state index contributed by atoms with van der Waals surface area (Å²) >= 11 is 1.51. The highest BCUT2D eigenvalue weighted by atomic mass is 32.1. The molecule has 128 valence electrons. The van der Waals surface area contributed by atoms with Crippen molar-refractivity contribution in [1.29, 1.82) is 0 Å². The Labute approximate surface area is 145 Å². The van der Waals surface area contributed by atoms with Crippen LogP contribution in [0.5, 0.6) is 5.75 Å². The highest BCUT2D eigenvalue weighted by Gasteiger charge is 2.28. The number of benzene rings is 1. The van der Waals surface area contributed by atoms with Gasteiger partial charge in [-0.25, -0.2) is 4.98 Å². The normalized spacial score (nSPS) is 17.2. The quantitative estimate of drug-likeness (QED) is 0.873. The van der Waals surface area contributed by atoms with Crippen molar-refractivity contribution in [3.05, 3.63) is 45.9 Å². The van der Waals surface area contributed by atoms with E-state index in [2.05, 4.69) is 4.98 Å². The molecule has 0 saturated carbocycles. The van der Waals surface area contributed by atoms with Crippen molar-refractivity contribution in [2.24, 2.45) is 0 Å². The Kier molecular flexibility index (Phi) is 5.48. The molecule has 24 heavy (non-hydrogen) atoms. The summed E-state index contributed by atoms with van der Waals surface area (Å²) < 4.78 is 5.72. The molecule has 0 spiro atoms. The Bertz CT molecular complexity index is 684. The van der Waals surface area contributed by atoms with E-state index in [1.165, 1.54) is 16.9 Å². The summed E-state index contributed by atoms with van der Waals surface area (Å²) in [6.07, 6.45) is 2.14. The third kappa shape index (κ3) is 4.13. The van der Waals surface area contributed by atoms with Crippen LogP contribution in [0.15, 0.2) is 29.6 Å². The topological polar surface area (TPSA) is 62.7 Å². The first kappa shape index (κ1) is 16.9. The number of aromatic nitrogens is 1. The lowest BCUT2D eigenvalue weighted by Crippen LogP contribution is -2.38. The molecule has 1 N–H and O–H groups in total. The van der Waals surface area contributed by atoms with E-state index in [4.69, 9.17) is 4.74 Å². The molecule has 1 aromatic carbocycles. The lowest BCUT2D eigenvalue weighted by molar-refractivity contribution is -0.132. The smallest absolute Gasteiger partial charge is 0.228 e. The number of aliphatic hydroxyl groups is 1. The third-order valence-corrected chi connectivity index (χ3v) is 5.09. The third-order valence-electron chi connectivity index (χ3n) is 4.22. The molecule has 0 radical (unpaired) electrons. The zero-order valence-corrected chi connectivity index (χ0v) is 14.6. The molecular weight excluding hydrogens is 324 g/mol. The van der Waals surface area contributed by atoms with Crippen molar-refractivity contribution >= 4 is 17.2 Å². The fourth-order valence-electron chi connectivity index (χ4n) is 2.89. The lowest BCUT2D eigenvalue weighted by atomic mass is 10.2. The van der Waals surface area contributed by atoms with Gasteiger partial charge in [-0.3, -0.25) is 4.79 Å². The second-order valence-corrected chi connectivity index (χ2v) is 7.02. The van der Waals surface area contributed by atoms with Gasteiger partial charge in [-0.1, -0.05) is 17.7 Å². The minimum atomic E-state index is -0.0273. The van der Waals surface area contributed by atoms with Gasteiger partial charge in [0.15, 0.2) is 0 Å². The highest BCUT2D eigenvalue weighted by molar-refractivity contribution is 7.09. The van der Waals surface area contributed by atoms with Crippen molar-refractivity contribution in [1.82, 2.24) is 9.88 Å². The number of carbonyl (C=O) groups is 1. The second-order valence-electron chi connectivity index (χ2n) is 6.08. The van der Waals surface area contributed by atoms with Gasteiger partial charge in [0.2, 0.25) is 5.91 Å². The maximum atomic E-state index is 12.4. The van der Waals surface area contributed by atoms with Gasteiger partial charge in [0, 0.05) is 11.9 Å². The van der Waals surface area contributed by atoms with Crippen LogP contribution in [-0.4, -0.2) is 40.1 Å². The van der Waals surface area contributed by atoms with Crippen LogP contribution in [0.25, 0.3) is 0 Å². The summed E-state index contributed by atoms with van der Waals surface area (Å²) in [5.74, 6) is 0.860. The number of aliphatic hydroxyl groups excluding tert-OH is 1. The zero-order chi connectivity index (χ0) is 16.9. The number of hydrogen-bond donors (Lipinski definition) is 1.